The van der Waals surface area contributed by atoms with Gasteiger partial charge in [0, 0.05) is 6.54 Å². The summed E-state index contributed by atoms with van der Waals surface area (Å²) in [5.74, 6) is -0.192. The Kier molecular flexibility index (Phi) is 4.79. The first-order valence-electron chi connectivity index (χ1n) is 7.50. The minimum Gasteiger partial charge on any atom is -0.316 e. The summed E-state index contributed by atoms with van der Waals surface area (Å²) < 4.78 is 0. The largest absolute Gasteiger partial charge is 0.316 e. The molecule has 1 aliphatic heterocycles. The lowest BCUT2D eigenvalue weighted by Gasteiger charge is -2.13. The first-order valence-corrected chi connectivity index (χ1v) is 8.38. The molecule has 1 atom stereocenters. The molecule has 1 heterocycles. The van der Waals surface area contributed by atoms with Gasteiger partial charge < -0.3 is 5.32 Å². The second kappa shape index (κ2) is 6.98. The van der Waals surface area contributed by atoms with Crippen molar-refractivity contribution in [3.05, 3.63) is 59.7 Å². The third kappa shape index (κ3) is 3.63. The molecule has 0 spiro atoms. The number of hydrogen-bond donors (Lipinski definition) is 2. The van der Waals surface area contributed by atoms with Crippen molar-refractivity contribution in [2.75, 3.05) is 7.05 Å². The molecule has 1 aliphatic rings. The van der Waals surface area contributed by atoms with Crippen molar-refractivity contribution in [3.8, 4) is 11.1 Å². The van der Waals surface area contributed by atoms with Gasteiger partial charge in [0.15, 0.2) is 0 Å². The first-order chi connectivity index (χ1) is 11.2. The van der Waals surface area contributed by atoms with Crippen LogP contribution in [-0.4, -0.2) is 23.4 Å². The molecule has 118 valence electrons. The van der Waals surface area contributed by atoms with Crippen LogP contribution in [0.1, 0.15) is 11.1 Å². The zero-order valence-corrected chi connectivity index (χ0v) is 13.7. The van der Waals surface area contributed by atoms with Gasteiger partial charge in [-0.2, -0.15) is 0 Å². The summed E-state index contributed by atoms with van der Waals surface area (Å²) in [4.78, 5) is 23.1. The standard InChI is InChI=1S/C18H18N2O2S/c1-19-11-15-9-13(12-5-3-2-4-6-12)7-8-14(15)10-16-17(21)20-18(22)23-16/h2-9,16,19H,10-11H2,1H3,(H,20,21,22). The molecule has 4 nitrogen and oxygen atoms in total. The number of amides is 2. The van der Waals surface area contributed by atoms with Gasteiger partial charge in [-0.15, -0.1) is 0 Å². The summed E-state index contributed by atoms with van der Waals surface area (Å²) in [6.07, 6.45) is 0.564. The molecule has 0 bridgehead atoms. The van der Waals surface area contributed by atoms with Crippen molar-refractivity contribution in [3.63, 3.8) is 0 Å². The van der Waals surface area contributed by atoms with E-state index in [1.807, 2.05) is 25.2 Å². The highest BCUT2D eigenvalue weighted by molar-refractivity contribution is 8.15. The van der Waals surface area contributed by atoms with Crippen molar-refractivity contribution >= 4 is 22.9 Å². The summed E-state index contributed by atoms with van der Waals surface area (Å²) in [6.45, 7) is 0.725. The number of carbonyl (C=O) groups is 2. The average Bonchev–Trinajstić information content (AvgIpc) is 2.87. The third-order valence-corrected chi connectivity index (χ3v) is 4.83. The average molecular weight is 326 g/mol. The van der Waals surface area contributed by atoms with E-state index in [4.69, 9.17) is 0 Å². The lowest BCUT2D eigenvalue weighted by atomic mass is 9.96. The second-order valence-electron chi connectivity index (χ2n) is 5.47. The molecule has 0 aliphatic carbocycles. The minimum atomic E-state index is -0.333. The summed E-state index contributed by atoms with van der Waals surface area (Å²) in [6, 6.07) is 16.5. The van der Waals surface area contributed by atoms with E-state index in [-0.39, 0.29) is 16.4 Å². The smallest absolute Gasteiger partial charge is 0.286 e. The predicted octanol–water partition coefficient (Wildman–Crippen LogP) is 2.97. The summed E-state index contributed by atoms with van der Waals surface area (Å²) >= 11 is 1.08. The zero-order chi connectivity index (χ0) is 16.2. The zero-order valence-electron chi connectivity index (χ0n) is 12.8. The maximum absolute atomic E-state index is 11.8. The van der Waals surface area contributed by atoms with Crippen LogP contribution in [0.25, 0.3) is 11.1 Å². The van der Waals surface area contributed by atoms with Gasteiger partial charge in [-0.25, -0.2) is 0 Å². The highest BCUT2D eigenvalue weighted by atomic mass is 32.2. The molecule has 1 fully saturated rings. The van der Waals surface area contributed by atoms with E-state index in [0.717, 1.165) is 35.0 Å². The van der Waals surface area contributed by atoms with E-state index < -0.39 is 0 Å². The van der Waals surface area contributed by atoms with E-state index in [0.29, 0.717) is 6.42 Å². The Hall–Kier alpha value is -2.11. The molecule has 2 amide bonds. The Morgan fingerprint density at radius 2 is 1.83 bits per heavy atom. The van der Waals surface area contributed by atoms with Crippen LogP contribution in [0.5, 0.6) is 0 Å². The third-order valence-electron chi connectivity index (χ3n) is 3.85. The molecule has 3 rings (SSSR count). The van der Waals surface area contributed by atoms with Crippen LogP contribution in [0.15, 0.2) is 48.5 Å². The normalized spacial score (nSPS) is 17.3. The Bertz CT molecular complexity index is 731. The summed E-state index contributed by atoms with van der Waals surface area (Å²) in [7, 11) is 1.90. The highest BCUT2D eigenvalue weighted by Crippen LogP contribution is 2.27. The van der Waals surface area contributed by atoms with Crippen molar-refractivity contribution < 1.29 is 9.59 Å². The molecule has 2 aromatic rings. The Labute approximate surface area is 139 Å². The SMILES string of the molecule is CNCc1cc(-c2ccccc2)ccc1CC1SC(=O)NC1=O. The van der Waals surface area contributed by atoms with Gasteiger partial charge in [0.1, 0.15) is 0 Å². The molecule has 1 saturated heterocycles. The highest BCUT2D eigenvalue weighted by Gasteiger charge is 2.31. The Morgan fingerprint density at radius 3 is 2.48 bits per heavy atom. The first kappa shape index (κ1) is 15.8. The number of hydrogen-bond acceptors (Lipinski definition) is 4. The Morgan fingerprint density at radius 1 is 1.04 bits per heavy atom. The van der Waals surface area contributed by atoms with Gasteiger partial charge in [0.2, 0.25) is 5.91 Å². The molecular formula is C18H18N2O2S. The molecule has 0 saturated carbocycles. The van der Waals surface area contributed by atoms with Crippen molar-refractivity contribution in [1.29, 1.82) is 0 Å². The van der Waals surface area contributed by atoms with Crippen LogP contribution in [0.3, 0.4) is 0 Å². The summed E-state index contributed by atoms with van der Waals surface area (Å²) in [5.41, 5.74) is 4.57. The number of carbonyl (C=O) groups excluding carboxylic acids is 2. The quantitative estimate of drug-likeness (QED) is 0.887. The number of thioether (sulfide) groups is 1. The maximum Gasteiger partial charge on any atom is 0.286 e. The predicted molar refractivity (Wildman–Crippen MR) is 93.3 cm³/mol. The van der Waals surface area contributed by atoms with Gasteiger partial charge in [0.25, 0.3) is 5.24 Å². The lowest BCUT2D eigenvalue weighted by Crippen LogP contribution is -2.25. The second-order valence-corrected chi connectivity index (χ2v) is 6.64. The van der Waals surface area contributed by atoms with Crippen LogP contribution in [0.2, 0.25) is 0 Å². The number of nitrogens with one attached hydrogen (secondary N) is 2. The van der Waals surface area contributed by atoms with Crippen LogP contribution in [0, 0.1) is 0 Å². The molecule has 23 heavy (non-hydrogen) atoms. The number of imide groups is 1. The van der Waals surface area contributed by atoms with E-state index in [1.54, 1.807) is 0 Å². The van der Waals surface area contributed by atoms with Crippen molar-refractivity contribution in [2.24, 2.45) is 0 Å². The molecule has 2 aromatic carbocycles. The van der Waals surface area contributed by atoms with Crippen LogP contribution in [0.4, 0.5) is 4.79 Å². The fourth-order valence-corrected chi connectivity index (χ4v) is 3.56. The number of rotatable bonds is 5. The van der Waals surface area contributed by atoms with Gasteiger partial charge in [0.05, 0.1) is 5.25 Å². The van der Waals surface area contributed by atoms with Crippen LogP contribution >= 0.6 is 11.8 Å². The molecule has 5 heteroatoms. The van der Waals surface area contributed by atoms with Gasteiger partial charge in [-0.1, -0.05) is 54.2 Å². The fourth-order valence-electron chi connectivity index (χ4n) is 2.72. The monoisotopic (exact) mass is 326 g/mol. The van der Waals surface area contributed by atoms with Gasteiger partial charge in [-0.05, 0) is 41.8 Å². The topological polar surface area (TPSA) is 58.2 Å². The van der Waals surface area contributed by atoms with Crippen molar-refractivity contribution in [1.82, 2.24) is 10.6 Å². The molecular weight excluding hydrogens is 308 g/mol. The molecule has 2 N–H and O–H groups in total. The maximum atomic E-state index is 11.8. The van der Waals surface area contributed by atoms with E-state index in [9.17, 15) is 9.59 Å². The van der Waals surface area contributed by atoms with E-state index in [1.165, 1.54) is 5.56 Å². The van der Waals surface area contributed by atoms with E-state index in [2.05, 4.69) is 41.0 Å². The molecule has 1 unspecified atom stereocenters. The van der Waals surface area contributed by atoms with Crippen LogP contribution in [-0.2, 0) is 17.8 Å². The minimum absolute atomic E-state index is 0.192. The van der Waals surface area contributed by atoms with Gasteiger partial charge >= 0.3 is 0 Å². The lowest BCUT2D eigenvalue weighted by molar-refractivity contribution is -0.118. The molecule has 0 aromatic heterocycles. The Balaban J connectivity index is 1.88. The summed E-state index contributed by atoms with van der Waals surface area (Å²) in [5, 5.41) is 4.93. The molecule has 0 radical (unpaired) electrons. The van der Waals surface area contributed by atoms with Crippen LogP contribution < -0.4 is 10.6 Å². The number of benzene rings is 2. The van der Waals surface area contributed by atoms with Crippen molar-refractivity contribution in [2.45, 2.75) is 18.2 Å². The van der Waals surface area contributed by atoms with E-state index >= 15 is 0 Å². The van der Waals surface area contributed by atoms with Gasteiger partial charge in [-0.3, -0.25) is 14.9 Å². The fraction of sp³-hybridized carbons (Fsp3) is 0.222.